The number of pyridine rings is 1. The average molecular weight is 611 g/mol. The van der Waals surface area contributed by atoms with Gasteiger partial charge in [-0.15, -0.1) is 10.2 Å². The molecular weight excluding hydrogens is 588 g/mol. The summed E-state index contributed by atoms with van der Waals surface area (Å²) in [5, 5.41) is 19.8. The number of aliphatic hydroxyl groups is 1. The molecule has 1 unspecified atom stereocenters. The molecule has 1 aliphatic heterocycles. The minimum atomic E-state index is -0.978. The van der Waals surface area contributed by atoms with Gasteiger partial charge in [0.2, 0.25) is 5.13 Å². The van der Waals surface area contributed by atoms with Crippen LogP contribution in [-0.2, 0) is 21.9 Å². The highest BCUT2D eigenvalue weighted by atomic mass is 32.2. The Balaban J connectivity index is 1.33. The molecule has 1 saturated heterocycles. The topological polar surface area (TPSA) is 106 Å². The van der Waals surface area contributed by atoms with Gasteiger partial charge in [-0.2, -0.15) is 0 Å². The Morgan fingerprint density at radius 2 is 1.65 bits per heavy atom. The van der Waals surface area contributed by atoms with E-state index in [0.29, 0.717) is 39.1 Å². The van der Waals surface area contributed by atoms with Gasteiger partial charge in [0, 0.05) is 23.7 Å². The number of hydrogen-bond donors (Lipinski definition) is 1. The summed E-state index contributed by atoms with van der Waals surface area (Å²) < 4.78 is 20.5. The zero-order chi connectivity index (χ0) is 29.8. The molecule has 1 amide bonds. The summed E-state index contributed by atoms with van der Waals surface area (Å²) in [5.41, 5.74) is 2.36. The smallest absolute Gasteiger partial charge is 0.301 e. The number of carbonyl (C=O) groups is 2. The lowest BCUT2D eigenvalue weighted by Crippen LogP contribution is -2.29. The fourth-order valence-corrected chi connectivity index (χ4v) is 6.46. The van der Waals surface area contributed by atoms with E-state index in [9.17, 15) is 19.1 Å². The lowest BCUT2D eigenvalue weighted by molar-refractivity contribution is -0.132. The summed E-state index contributed by atoms with van der Waals surface area (Å²) in [7, 11) is 0. The van der Waals surface area contributed by atoms with Gasteiger partial charge in [-0.25, -0.2) is 4.39 Å². The molecule has 5 aromatic rings. The number of hydrogen-bond acceptors (Lipinski definition) is 9. The lowest BCUT2D eigenvalue weighted by Gasteiger charge is -2.22. The Morgan fingerprint density at radius 1 is 0.930 bits per heavy atom. The standard InChI is InChI=1S/C32H23FN4O4S2/c33-25-9-5-4-8-23(25)19-42-32-36-35-31(43-32)37-27(26(29(39)30(37)40)28(38)22-14-16-34-17-15-22)21-10-12-24(13-11-21)41-18-20-6-2-1-3-7-20/h1-17,27,38H,18-19H2/b28-26+. The molecule has 6 rings (SSSR count). The molecule has 1 atom stereocenters. The van der Waals surface area contributed by atoms with Gasteiger partial charge in [0.15, 0.2) is 4.34 Å². The number of carbonyl (C=O) groups excluding carboxylic acids is 2. The molecule has 43 heavy (non-hydrogen) atoms. The molecule has 0 spiro atoms. The van der Waals surface area contributed by atoms with Crippen molar-refractivity contribution < 1.29 is 23.8 Å². The van der Waals surface area contributed by atoms with Crippen LogP contribution in [0.25, 0.3) is 5.76 Å². The Kier molecular flexibility index (Phi) is 8.25. The Labute approximate surface area is 254 Å². The van der Waals surface area contributed by atoms with E-state index in [1.54, 1.807) is 54.6 Å². The van der Waals surface area contributed by atoms with Crippen molar-refractivity contribution in [1.29, 1.82) is 0 Å². The minimum Gasteiger partial charge on any atom is -0.507 e. The minimum absolute atomic E-state index is 0.0788. The number of thioether (sulfide) groups is 1. The van der Waals surface area contributed by atoms with Gasteiger partial charge in [-0.1, -0.05) is 83.8 Å². The van der Waals surface area contributed by atoms with Gasteiger partial charge in [-0.05, 0) is 47.0 Å². The van der Waals surface area contributed by atoms with E-state index in [4.69, 9.17) is 4.74 Å². The summed E-state index contributed by atoms with van der Waals surface area (Å²) in [6, 6.07) is 25.3. The number of aromatic nitrogens is 3. The largest absolute Gasteiger partial charge is 0.507 e. The van der Waals surface area contributed by atoms with Gasteiger partial charge in [-0.3, -0.25) is 19.5 Å². The number of halogens is 1. The van der Waals surface area contributed by atoms with Crippen LogP contribution in [0.1, 0.15) is 28.3 Å². The number of ketones is 1. The number of Topliss-reactive ketones (excluding diaryl/α,β-unsaturated/α-hetero) is 1. The molecule has 1 N–H and O–H groups in total. The molecule has 11 heteroatoms. The molecule has 2 aromatic heterocycles. The van der Waals surface area contributed by atoms with E-state index >= 15 is 0 Å². The average Bonchev–Trinajstić information content (AvgIpc) is 3.62. The van der Waals surface area contributed by atoms with Crippen molar-refractivity contribution in [3.8, 4) is 5.75 Å². The van der Waals surface area contributed by atoms with Crippen molar-refractivity contribution in [3.63, 3.8) is 0 Å². The zero-order valence-corrected chi connectivity index (χ0v) is 24.1. The lowest BCUT2D eigenvalue weighted by atomic mass is 9.95. The van der Waals surface area contributed by atoms with Crippen LogP contribution < -0.4 is 9.64 Å². The molecule has 0 bridgehead atoms. The second kappa shape index (κ2) is 12.6. The molecule has 3 heterocycles. The quantitative estimate of drug-likeness (QED) is 0.0657. The number of rotatable bonds is 9. The third-order valence-corrected chi connectivity index (χ3v) is 8.86. The summed E-state index contributed by atoms with van der Waals surface area (Å²) in [5.74, 6) is -1.42. The van der Waals surface area contributed by atoms with Crippen molar-refractivity contribution >= 4 is 45.7 Å². The zero-order valence-electron chi connectivity index (χ0n) is 22.5. The Hall–Kier alpha value is -4.87. The van der Waals surface area contributed by atoms with Crippen molar-refractivity contribution in [2.75, 3.05) is 4.90 Å². The highest BCUT2D eigenvalue weighted by molar-refractivity contribution is 8.00. The highest BCUT2D eigenvalue weighted by Gasteiger charge is 2.48. The Morgan fingerprint density at radius 3 is 2.40 bits per heavy atom. The molecule has 3 aromatic carbocycles. The number of ether oxygens (including phenoxy) is 1. The highest BCUT2D eigenvalue weighted by Crippen LogP contribution is 2.44. The van der Waals surface area contributed by atoms with Crippen molar-refractivity contribution in [3.05, 3.63) is 137 Å². The van der Waals surface area contributed by atoms with Gasteiger partial charge in [0.05, 0.1) is 11.6 Å². The number of anilines is 1. The van der Waals surface area contributed by atoms with Crippen LogP contribution in [0.2, 0.25) is 0 Å². The van der Waals surface area contributed by atoms with Crippen molar-refractivity contribution in [1.82, 2.24) is 15.2 Å². The predicted molar refractivity (Wildman–Crippen MR) is 162 cm³/mol. The third kappa shape index (κ3) is 6.04. The van der Waals surface area contributed by atoms with Crippen LogP contribution in [0, 0.1) is 5.82 Å². The van der Waals surface area contributed by atoms with Crippen molar-refractivity contribution in [2.45, 2.75) is 22.7 Å². The second-order valence-electron chi connectivity index (χ2n) is 9.48. The Bertz CT molecular complexity index is 1800. The van der Waals surface area contributed by atoms with Gasteiger partial charge >= 0.3 is 5.91 Å². The van der Waals surface area contributed by atoms with E-state index in [0.717, 1.165) is 16.9 Å². The van der Waals surface area contributed by atoms with E-state index < -0.39 is 17.7 Å². The first kappa shape index (κ1) is 28.3. The summed E-state index contributed by atoms with van der Waals surface area (Å²) in [4.78, 5) is 32.1. The van der Waals surface area contributed by atoms with Crippen LogP contribution in [0.4, 0.5) is 9.52 Å². The SMILES string of the molecule is O=C1C(=O)N(c2nnc(SCc3ccccc3F)s2)C(c2ccc(OCc3ccccc3)cc2)/C1=C(\O)c1ccncc1. The van der Waals surface area contributed by atoms with Crippen LogP contribution in [-0.4, -0.2) is 32.0 Å². The van der Waals surface area contributed by atoms with Gasteiger partial charge in [0.1, 0.15) is 23.9 Å². The molecule has 0 radical (unpaired) electrons. The maximum atomic E-state index is 14.1. The first-order valence-electron chi connectivity index (χ1n) is 13.2. The fourth-order valence-electron chi connectivity index (χ4n) is 4.61. The molecule has 214 valence electrons. The van der Waals surface area contributed by atoms with Gasteiger partial charge < -0.3 is 9.84 Å². The summed E-state index contributed by atoms with van der Waals surface area (Å²) in [6.07, 6.45) is 2.98. The van der Waals surface area contributed by atoms with E-state index in [-0.39, 0.29) is 22.3 Å². The fraction of sp³-hybridized carbons (Fsp3) is 0.0938. The normalized spacial score (nSPS) is 16.0. The van der Waals surface area contributed by atoms with E-state index in [1.807, 2.05) is 30.3 Å². The van der Waals surface area contributed by atoms with Crippen LogP contribution in [0.3, 0.4) is 0 Å². The van der Waals surface area contributed by atoms with E-state index in [1.165, 1.54) is 35.1 Å². The molecule has 0 saturated carbocycles. The first-order chi connectivity index (χ1) is 21.0. The number of benzene rings is 3. The maximum absolute atomic E-state index is 14.1. The number of aliphatic hydroxyl groups excluding tert-OH is 1. The second-order valence-corrected chi connectivity index (χ2v) is 11.7. The molecule has 0 aliphatic carbocycles. The van der Waals surface area contributed by atoms with E-state index in [2.05, 4.69) is 15.2 Å². The van der Waals surface area contributed by atoms with Crippen LogP contribution in [0.15, 0.2) is 113 Å². The summed E-state index contributed by atoms with van der Waals surface area (Å²) in [6.45, 7) is 0.374. The molecule has 1 fully saturated rings. The van der Waals surface area contributed by atoms with Crippen LogP contribution >= 0.6 is 23.1 Å². The molecular formula is C32H23FN4O4S2. The monoisotopic (exact) mass is 610 g/mol. The predicted octanol–water partition coefficient (Wildman–Crippen LogP) is 6.57. The van der Waals surface area contributed by atoms with Gasteiger partial charge in [0.25, 0.3) is 5.78 Å². The third-order valence-electron chi connectivity index (χ3n) is 6.75. The molecule has 8 nitrogen and oxygen atoms in total. The van der Waals surface area contributed by atoms with Crippen LogP contribution in [0.5, 0.6) is 5.75 Å². The maximum Gasteiger partial charge on any atom is 0.301 e. The molecule has 1 aliphatic rings. The summed E-state index contributed by atoms with van der Waals surface area (Å²) >= 11 is 2.38. The number of nitrogens with zero attached hydrogens (tertiary/aromatic N) is 4. The number of amides is 1. The first-order valence-corrected chi connectivity index (χ1v) is 15.0. The van der Waals surface area contributed by atoms with Crippen molar-refractivity contribution in [2.24, 2.45) is 0 Å².